The molecule has 20 heavy (non-hydrogen) atoms. The lowest BCUT2D eigenvalue weighted by atomic mass is 9.98. The third-order valence-corrected chi connectivity index (χ3v) is 4.39. The molecular weight excluding hydrogens is 270 g/mol. The average Bonchev–Trinajstić information content (AvgIpc) is 2.84. The second kappa shape index (κ2) is 8.72. The summed E-state index contributed by atoms with van der Waals surface area (Å²) in [7, 11) is 3.88. The van der Waals surface area contributed by atoms with Crippen LogP contribution < -0.4 is 5.32 Å². The number of rotatable bonds is 9. The van der Waals surface area contributed by atoms with E-state index in [0.29, 0.717) is 0 Å². The number of nitrogens with one attached hydrogen (secondary N) is 1. The van der Waals surface area contributed by atoms with Gasteiger partial charge in [0, 0.05) is 31.0 Å². The van der Waals surface area contributed by atoms with E-state index in [1.807, 2.05) is 0 Å². The topological polar surface area (TPSA) is 37.4 Å². The summed E-state index contributed by atoms with van der Waals surface area (Å²) in [6, 6.07) is 0. The van der Waals surface area contributed by atoms with Gasteiger partial charge in [-0.3, -0.25) is 0 Å². The Hall–Kier alpha value is -0.490. The number of hydrogen-bond donors (Lipinski definition) is 1. The smallest absolute Gasteiger partial charge is 0.0982 e. The molecule has 0 aliphatic rings. The summed E-state index contributed by atoms with van der Waals surface area (Å²) in [5.74, 6) is 0. The van der Waals surface area contributed by atoms with Crippen LogP contribution >= 0.6 is 11.3 Å². The third kappa shape index (κ3) is 6.79. The standard InChI is InChI=1S/C15H29N3OS/c1-15(2,3)14-17-13(12-20-14)11-16-7-6-8-18(4)9-10-19-5/h12,16H,6-11H2,1-5H3. The molecule has 1 aromatic rings. The Bertz CT molecular complexity index is 373. The van der Waals surface area contributed by atoms with Crippen LogP contribution in [0.3, 0.4) is 0 Å². The molecule has 0 aromatic carbocycles. The van der Waals surface area contributed by atoms with Crippen LogP contribution in [0.4, 0.5) is 0 Å². The van der Waals surface area contributed by atoms with Crippen molar-refractivity contribution in [3.8, 4) is 0 Å². The van der Waals surface area contributed by atoms with Crippen molar-refractivity contribution in [2.24, 2.45) is 0 Å². The third-order valence-electron chi connectivity index (χ3n) is 3.07. The maximum Gasteiger partial charge on any atom is 0.0982 e. The summed E-state index contributed by atoms with van der Waals surface area (Å²) in [6.07, 6.45) is 1.15. The molecule has 0 radical (unpaired) electrons. The van der Waals surface area contributed by atoms with Crippen LogP contribution in [0.25, 0.3) is 0 Å². The van der Waals surface area contributed by atoms with E-state index in [4.69, 9.17) is 4.74 Å². The first-order valence-corrected chi connectivity index (χ1v) is 8.14. The first-order valence-electron chi connectivity index (χ1n) is 7.26. The molecule has 0 unspecified atom stereocenters. The Morgan fingerprint density at radius 2 is 2.10 bits per heavy atom. The molecule has 116 valence electrons. The predicted molar refractivity (Wildman–Crippen MR) is 86.5 cm³/mol. The Kier molecular flexibility index (Phi) is 7.66. The lowest BCUT2D eigenvalue weighted by molar-refractivity contribution is 0.160. The molecule has 0 aliphatic carbocycles. The minimum Gasteiger partial charge on any atom is -0.383 e. The van der Waals surface area contributed by atoms with Crippen molar-refractivity contribution in [3.63, 3.8) is 0 Å². The van der Waals surface area contributed by atoms with E-state index in [2.05, 4.69) is 48.4 Å². The summed E-state index contributed by atoms with van der Waals surface area (Å²) < 4.78 is 5.06. The van der Waals surface area contributed by atoms with Crippen molar-refractivity contribution < 1.29 is 4.74 Å². The molecular formula is C15H29N3OS. The monoisotopic (exact) mass is 299 g/mol. The van der Waals surface area contributed by atoms with Crippen molar-refractivity contribution in [3.05, 3.63) is 16.1 Å². The summed E-state index contributed by atoms with van der Waals surface area (Å²) >= 11 is 1.76. The Morgan fingerprint density at radius 3 is 2.70 bits per heavy atom. The van der Waals surface area contributed by atoms with E-state index in [1.54, 1.807) is 18.4 Å². The molecule has 0 saturated carbocycles. The zero-order chi connectivity index (χ0) is 15.0. The Labute approximate surface area is 127 Å². The molecule has 1 aromatic heterocycles. The van der Waals surface area contributed by atoms with Gasteiger partial charge in [0.25, 0.3) is 0 Å². The van der Waals surface area contributed by atoms with Gasteiger partial charge >= 0.3 is 0 Å². The SMILES string of the molecule is COCCN(C)CCCNCc1csc(C(C)(C)C)n1. The van der Waals surface area contributed by atoms with Crippen LogP contribution in [-0.4, -0.2) is 50.3 Å². The molecule has 0 fully saturated rings. The number of hydrogen-bond acceptors (Lipinski definition) is 5. The van der Waals surface area contributed by atoms with E-state index in [9.17, 15) is 0 Å². The molecule has 0 amide bonds. The number of thiazole rings is 1. The molecule has 0 atom stereocenters. The largest absolute Gasteiger partial charge is 0.383 e. The highest BCUT2D eigenvalue weighted by Gasteiger charge is 2.17. The van der Waals surface area contributed by atoms with Crippen LogP contribution in [0, 0.1) is 0 Å². The highest BCUT2D eigenvalue weighted by Crippen LogP contribution is 2.25. The van der Waals surface area contributed by atoms with E-state index in [1.165, 1.54) is 5.01 Å². The van der Waals surface area contributed by atoms with E-state index < -0.39 is 0 Å². The normalized spacial score (nSPS) is 12.3. The van der Waals surface area contributed by atoms with Gasteiger partial charge < -0.3 is 15.0 Å². The molecule has 5 heteroatoms. The molecule has 0 saturated heterocycles. The second-order valence-corrected chi connectivity index (χ2v) is 7.08. The van der Waals surface area contributed by atoms with Gasteiger partial charge in [-0.2, -0.15) is 0 Å². The number of ether oxygens (including phenoxy) is 1. The van der Waals surface area contributed by atoms with Gasteiger partial charge in [-0.05, 0) is 26.6 Å². The first-order chi connectivity index (χ1) is 9.43. The summed E-state index contributed by atoms with van der Waals surface area (Å²) in [5.41, 5.74) is 1.32. The maximum atomic E-state index is 5.06. The van der Waals surface area contributed by atoms with E-state index >= 15 is 0 Å². The van der Waals surface area contributed by atoms with Gasteiger partial charge in [-0.15, -0.1) is 11.3 Å². The molecule has 1 N–H and O–H groups in total. The van der Waals surface area contributed by atoms with Gasteiger partial charge in [-0.25, -0.2) is 4.98 Å². The van der Waals surface area contributed by atoms with Crippen LogP contribution in [0.1, 0.15) is 37.9 Å². The van der Waals surface area contributed by atoms with E-state index in [0.717, 1.165) is 44.9 Å². The van der Waals surface area contributed by atoms with Gasteiger partial charge in [0.2, 0.25) is 0 Å². The van der Waals surface area contributed by atoms with Gasteiger partial charge in [0.15, 0.2) is 0 Å². The van der Waals surface area contributed by atoms with Crippen LogP contribution in [0.2, 0.25) is 0 Å². The molecule has 0 spiro atoms. The fraction of sp³-hybridized carbons (Fsp3) is 0.800. The number of nitrogens with zero attached hydrogens (tertiary/aromatic N) is 2. The van der Waals surface area contributed by atoms with Gasteiger partial charge in [0.1, 0.15) is 0 Å². The van der Waals surface area contributed by atoms with Gasteiger partial charge in [0.05, 0.1) is 17.3 Å². The number of likely N-dealkylation sites (N-methyl/N-ethyl adjacent to an activating group) is 1. The quantitative estimate of drug-likeness (QED) is 0.711. The fourth-order valence-corrected chi connectivity index (χ4v) is 2.69. The zero-order valence-electron chi connectivity index (χ0n) is 13.5. The van der Waals surface area contributed by atoms with Crippen molar-refractivity contribution in [1.82, 2.24) is 15.2 Å². The Balaban J connectivity index is 2.14. The lowest BCUT2D eigenvalue weighted by Gasteiger charge is -2.15. The highest BCUT2D eigenvalue weighted by atomic mass is 32.1. The minimum atomic E-state index is 0.160. The molecule has 4 nitrogen and oxygen atoms in total. The number of methoxy groups -OCH3 is 1. The number of aromatic nitrogens is 1. The molecule has 0 bridgehead atoms. The van der Waals surface area contributed by atoms with E-state index in [-0.39, 0.29) is 5.41 Å². The second-order valence-electron chi connectivity index (χ2n) is 6.22. The van der Waals surface area contributed by atoms with Crippen molar-refractivity contribution in [2.75, 3.05) is 40.4 Å². The molecule has 1 rings (SSSR count). The van der Waals surface area contributed by atoms with Crippen molar-refractivity contribution in [1.29, 1.82) is 0 Å². The lowest BCUT2D eigenvalue weighted by Crippen LogP contribution is -2.26. The fourth-order valence-electron chi connectivity index (χ4n) is 1.78. The zero-order valence-corrected chi connectivity index (χ0v) is 14.3. The highest BCUT2D eigenvalue weighted by molar-refractivity contribution is 7.09. The average molecular weight is 299 g/mol. The van der Waals surface area contributed by atoms with Crippen molar-refractivity contribution >= 4 is 11.3 Å². The maximum absolute atomic E-state index is 5.06. The van der Waals surface area contributed by atoms with Crippen molar-refractivity contribution in [2.45, 2.75) is 39.2 Å². The predicted octanol–water partition coefficient (Wildman–Crippen LogP) is 2.50. The summed E-state index contributed by atoms with van der Waals surface area (Å²) in [6.45, 7) is 11.4. The first kappa shape index (κ1) is 17.6. The Morgan fingerprint density at radius 1 is 1.35 bits per heavy atom. The summed E-state index contributed by atoms with van der Waals surface area (Å²) in [4.78, 5) is 6.98. The minimum absolute atomic E-state index is 0.160. The van der Waals surface area contributed by atoms with Gasteiger partial charge in [-0.1, -0.05) is 20.8 Å². The van der Waals surface area contributed by atoms with Crippen LogP contribution in [-0.2, 0) is 16.7 Å². The molecule has 1 heterocycles. The van der Waals surface area contributed by atoms with Crippen LogP contribution in [0.15, 0.2) is 5.38 Å². The summed E-state index contributed by atoms with van der Waals surface area (Å²) in [5, 5.41) is 6.85. The molecule has 0 aliphatic heterocycles. The van der Waals surface area contributed by atoms with Crippen LogP contribution in [0.5, 0.6) is 0 Å².